The zero-order valence-corrected chi connectivity index (χ0v) is 13.8. The summed E-state index contributed by atoms with van der Waals surface area (Å²) in [6, 6.07) is 6.21. The van der Waals surface area contributed by atoms with Crippen LogP contribution in [0.3, 0.4) is 0 Å². The third-order valence-electron chi connectivity index (χ3n) is 3.65. The molecule has 6 N–H and O–H groups in total. The van der Waals surface area contributed by atoms with Gasteiger partial charge in [-0.15, -0.1) is 0 Å². The molecular weight excluding hydrogens is 356 g/mol. The van der Waals surface area contributed by atoms with Gasteiger partial charge in [-0.05, 0) is 41.8 Å². The smallest absolute Gasteiger partial charge is 0.133 e. The molecule has 0 aromatic heterocycles. The molecule has 27 heavy (non-hydrogen) atoms. The second kappa shape index (κ2) is 8.85. The fourth-order valence-corrected chi connectivity index (χ4v) is 2.57. The molecule has 140 valence electrons. The van der Waals surface area contributed by atoms with Crippen LogP contribution >= 0.6 is 0 Å². The Morgan fingerprint density at radius 3 is 1.04 bits per heavy atom. The van der Waals surface area contributed by atoms with E-state index in [1.807, 2.05) is 0 Å². The summed E-state index contributed by atoms with van der Waals surface area (Å²) in [7, 11) is 0. The number of phenols is 2. The molecule has 0 amide bonds. The number of hydrogen-bond acceptors (Lipinski definition) is 10. The van der Waals surface area contributed by atoms with Gasteiger partial charge in [-0.3, -0.25) is 0 Å². The first kappa shape index (κ1) is 19.2. The fraction of sp³-hybridized carbons (Fsp3) is 0.0588. The van der Waals surface area contributed by atoms with Gasteiger partial charge in [0.2, 0.25) is 0 Å². The molecule has 0 spiro atoms. The van der Waals surface area contributed by atoms with Crippen molar-refractivity contribution in [1.82, 2.24) is 0 Å². The Hall–Kier alpha value is -4.08. The largest absolute Gasteiger partial charge is 0.507 e. The van der Waals surface area contributed by atoms with Crippen molar-refractivity contribution in [3.8, 4) is 11.5 Å². The van der Waals surface area contributed by atoms with Crippen molar-refractivity contribution >= 4 is 24.9 Å². The van der Waals surface area contributed by atoms with Gasteiger partial charge in [0, 0.05) is 22.3 Å². The molecule has 0 saturated heterocycles. The van der Waals surface area contributed by atoms with E-state index in [1.165, 1.54) is 0 Å². The summed E-state index contributed by atoms with van der Waals surface area (Å²) >= 11 is 0. The second-order valence-corrected chi connectivity index (χ2v) is 5.40. The maximum Gasteiger partial charge on any atom is 0.133 e. The summed E-state index contributed by atoms with van der Waals surface area (Å²) in [6.07, 6.45) is 4.38. The van der Waals surface area contributed by atoms with E-state index in [2.05, 4.69) is 20.6 Å². The topological polar surface area (TPSA) is 171 Å². The third kappa shape index (κ3) is 4.51. The normalized spacial score (nSPS) is 12.1. The van der Waals surface area contributed by atoms with Crippen LogP contribution in [0.5, 0.6) is 11.5 Å². The molecule has 0 bridgehead atoms. The van der Waals surface area contributed by atoms with Gasteiger partial charge in [0.25, 0.3) is 0 Å². The van der Waals surface area contributed by atoms with Crippen molar-refractivity contribution in [1.29, 1.82) is 0 Å². The lowest BCUT2D eigenvalue weighted by Crippen LogP contribution is -1.99. The molecule has 10 nitrogen and oxygen atoms in total. The number of hydrogen-bond donors (Lipinski definition) is 6. The average molecular weight is 372 g/mol. The second-order valence-electron chi connectivity index (χ2n) is 5.40. The van der Waals surface area contributed by atoms with Crippen LogP contribution in [0.1, 0.15) is 33.4 Å². The van der Waals surface area contributed by atoms with E-state index in [1.54, 1.807) is 24.3 Å². The molecule has 2 aromatic rings. The van der Waals surface area contributed by atoms with Crippen molar-refractivity contribution in [3.05, 3.63) is 57.6 Å². The Labute approximate surface area is 152 Å². The van der Waals surface area contributed by atoms with E-state index >= 15 is 0 Å². The number of oxime groups is 4. The maximum absolute atomic E-state index is 10.1. The molecular formula is C17H16N4O6. The molecule has 0 aliphatic rings. The molecule has 0 saturated carbocycles. The van der Waals surface area contributed by atoms with E-state index in [9.17, 15) is 10.2 Å². The van der Waals surface area contributed by atoms with Gasteiger partial charge in [0.15, 0.2) is 0 Å². The van der Waals surface area contributed by atoms with E-state index < -0.39 is 0 Å². The summed E-state index contributed by atoms with van der Waals surface area (Å²) in [6.45, 7) is 0. The van der Waals surface area contributed by atoms with Crippen LogP contribution in [0.25, 0.3) is 0 Å². The molecule has 0 radical (unpaired) electrons. The van der Waals surface area contributed by atoms with Gasteiger partial charge < -0.3 is 31.0 Å². The van der Waals surface area contributed by atoms with Gasteiger partial charge >= 0.3 is 0 Å². The van der Waals surface area contributed by atoms with Gasteiger partial charge in [-0.2, -0.15) is 0 Å². The molecule has 2 aromatic carbocycles. The lowest BCUT2D eigenvalue weighted by atomic mass is 9.96. The van der Waals surface area contributed by atoms with E-state index in [0.717, 1.165) is 24.9 Å². The quantitative estimate of drug-likeness (QED) is 0.257. The Kier molecular flexibility index (Phi) is 6.31. The highest BCUT2D eigenvalue weighted by atomic mass is 16.4. The summed E-state index contributed by atoms with van der Waals surface area (Å²) < 4.78 is 0. The first-order valence-electron chi connectivity index (χ1n) is 7.45. The molecule has 0 fully saturated rings. The Balaban J connectivity index is 2.55. The lowest BCUT2D eigenvalue weighted by Gasteiger charge is -2.10. The summed E-state index contributed by atoms with van der Waals surface area (Å²) in [5, 5.41) is 66.7. The van der Waals surface area contributed by atoms with E-state index in [-0.39, 0.29) is 40.2 Å². The first-order valence-corrected chi connectivity index (χ1v) is 7.45. The Bertz CT molecular complexity index is 796. The molecule has 0 atom stereocenters. The van der Waals surface area contributed by atoms with Gasteiger partial charge in [-0.25, -0.2) is 0 Å². The van der Waals surface area contributed by atoms with Crippen LogP contribution in [0, 0.1) is 0 Å². The van der Waals surface area contributed by atoms with Crippen molar-refractivity contribution in [2.24, 2.45) is 20.6 Å². The number of benzene rings is 2. The maximum atomic E-state index is 10.1. The predicted molar refractivity (Wildman–Crippen MR) is 96.5 cm³/mol. The predicted octanol–water partition coefficient (Wildman–Crippen LogP) is 1.92. The summed E-state index contributed by atoms with van der Waals surface area (Å²) in [5.41, 5.74) is 2.05. The zero-order valence-electron chi connectivity index (χ0n) is 13.8. The van der Waals surface area contributed by atoms with Crippen molar-refractivity contribution in [2.45, 2.75) is 6.42 Å². The summed E-state index contributed by atoms with van der Waals surface area (Å²) in [4.78, 5) is 0. The van der Waals surface area contributed by atoms with Gasteiger partial charge in [0.1, 0.15) is 11.5 Å². The first-order chi connectivity index (χ1) is 13.0. The van der Waals surface area contributed by atoms with Crippen LogP contribution in [-0.2, 0) is 6.42 Å². The number of aromatic hydroxyl groups is 2. The number of nitrogens with zero attached hydrogens (tertiary/aromatic N) is 4. The molecule has 0 aliphatic heterocycles. The van der Waals surface area contributed by atoms with Crippen LogP contribution in [0.2, 0.25) is 0 Å². The minimum atomic E-state index is -0.235. The minimum Gasteiger partial charge on any atom is -0.507 e. The highest BCUT2D eigenvalue weighted by Crippen LogP contribution is 2.27. The third-order valence-corrected chi connectivity index (χ3v) is 3.65. The molecule has 0 aliphatic carbocycles. The molecule has 10 heteroatoms. The van der Waals surface area contributed by atoms with Gasteiger partial charge in [0.05, 0.1) is 24.9 Å². The van der Waals surface area contributed by atoms with Crippen LogP contribution < -0.4 is 0 Å². The standard InChI is InChI=1S/C17H16N4O6/c22-16-12(6-18-24)2-10(3-13(16)7-19-25)1-11-4-14(8-20-26)17(23)15(5-11)9-21-27/h2-9,22-27H,1H2. The minimum absolute atomic E-state index is 0.193. The average Bonchev–Trinajstić information content (AvgIpc) is 2.63. The molecule has 2 rings (SSSR count). The zero-order chi connectivity index (χ0) is 19.8. The van der Waals surface area contributed by atoms with E-state index in [0.29, 0.717) is 11.1 Å². The van der Waals surface area contributed by atoms with E-state index in [4.69, 9.17) is 20.8 Å². The number of phenolic OH excluding ortho intramolecular Hbond substituents is 2. The van der Waals surface area contributed by atoms with Crippen LogP contribution in [0.4, 0.5) is 0 Å². The van der Waals surface area contributed by atoms with Crippen molar-refractivity contribution in [2.75, 3.05) is 0 Å². The monoisotopic (exact) mass is 372 g/mol. The highest BCUT2D eigenvalue weighted by molar-refractivity contribution is 5.93. The van der Waals surface area contributed by atoms with Gasteiger partial charge in [-0.1, -0.05) is 20.6 Å². The molecule has 0 unspecified atom stereocenters. The highest BCUT2D eigenvalue weighted by Gasteiger charge is 2.12. The lowest BCUT2D eigenvalue weighted by molar-refractivity contribution is 0.321. The molecule has 0 heterocycles. The Morgan fingerprint density at radius 1 is 0.556 bits per heavy atom. The van der Waals surface area contributed by atoms with Crippen LogP contribution in [-0.4, -0.2) is 55.9 Å². The van der Waals surface area contributed by atoms with Crippen LogP contribution in [0.15, 0.2) is 44.9 Å². The fourth-order valence-electron chi connectivity index (χ4n) is 2.57. The summed E-state index contributed by atoms with van der Waals surface area (Å²) in [5.74, 6) is -0.470. The SMILES string of the molecule is ON=Cc1cc(Cc2cc(C=NO)c(O)c(C=NO)c2)cc(C=NO)c1O. The number of rotatable bonds is 6. The van der Waals surface area contributed by atoms with Crippen molar-refractivity contribution in [3.63, 3.8) is 0 Å². The van der Waals surface area contributed by atoms with Crippen molar-refractivity contribution < 1.29 is 31.0 Å². The Morgan fingerprint density at radius 2 is 0.815 bits per heavy atom.